The van der Waals surface area contributed by atoms with Crippen LogP contribution in [0.15, 0.2) is 60.7 Å². The van der Waals surface area contributed by atoms with Crippen LogP contribution < -0.4 is 5.32 Å². The van der Waals surface area contributed by atoms with Crippen LogP contribution in [0.25, 0.3) is 0 Å². The number of thiophene rings is 1. The smallest absolute Gasteiger partial charge is 0.239 e. The van der Waals surface area contributed by atoms with Crippen molar-refractivity contribution < 1.29 is 4.79 Å². The summed E-state index contributed by atoms with van der Waals surface area (Å²) in [4.78, 5) is 14.9. The van der Waals surface area contributed by atoms with Gasteiger partial charge >= 0.3 is 0 Å². The highest BCUT2D eigenvalue weighted by Crippen LogP contribution is 2.41. The van der Waals surface area contributed by atoms with Gasteiger partial charge in [-0.3, -0.25) is 4.79 Å². The summed E-state index contributed by atoms with van der Waals surface area (Å²) in [6, 6.07) is 22.0. The van der Waals surface area contributed by atoms with Crippen molar-refractivity contribution in [2.24, 2.45) is 5.92 Å². The molecule has 1 aromatic heterocycles. The fourth-order valence-corrected chi connectivity index (χ4v) is 5.51. The van der Waals surface area contributed by atoms with Crippen molar-refractivity contribution in [1.29, 1.82) is 5.26 Å². The first-order valence-corrected chi connectivity index (χ1v) is 10.8. The Hall–Kier alpha value is -2.90. The van der Waals surface area contributed by atoms with E-state index in [-0.39, 0.29) is 5.91 Å². The van der Waals surface area contributed by atoms with Crippen LogP contribution in [-0.2, 0) is 23.1 Å². The molecule has 0 aliphatic heterocycles. The first-order valence-electron chi connectivity index (χ1n) is 10.0. The molecule has 1 unspecified atom stereocenters. The molecule has 1 amide bonds. The number of carbonyl (C=O) groups is 1. The van der Waals surface area contributed by atoms with E-state index in [1.54, 1.807) is 11.3 Å². The monoisotopic (exact) mass is 400 g/mol. The molecule has 0 saturated heterocycles. The molecule has 146 valence electrons. The van der Waals surface area contributed by atoms with Gasteiger partial charge in [0.05, 0.1) is 11.0 Å². The van der Waals surface area contributed by atoms with Crippen LogP contribution in [0.3, 0.4) is 0 Å². The Balaban J connectivity index is 1.75. The molecular weight excluding hydrogens is 376 g/mol. The molecule has 1 aliphatic carbocycles. The number of rotatable bonds is 4. The molecule has 4 heteroatoms. The lowest BCUT2D eigenvalue weighted by molar-refractivity contribution is -0.119. The molecule has 29 heavy (non-hydrogen) atoms. The van der Waals surface area contributed by atoms with Crippen LogP contribution >= 0.6 is 11.3 Å². The summed E-state index contributed by atoms with van der Waals surface area (Å²) in [6.07, 6.45) is 3.00. The van der Waals surface area contributed by atoms with Crippen molar-refractivity contribution >= 4 is 22.2 Å². The van der Waals surface area contributed by atoms with E-state index in [0.717, 1.165) is 36.0 Å². The minimum absolute atomic E-state index is 0.113. The predicted molar refractivity (Wildman–Crippen MR) is 118 cm³/mol. The minimum Gasteiger partial charge on any atom is -0.316 e. The molecule has 3 nitrogen and oxygen atoms in total. The van der Waals surface area contributed by atoms with E-state index in [4.69, 9.17) is 0 Å². The number of amides is 1. The summed E-state index contributed by atoms with van der Waals surface area (Å²) in [5.41, 5.74) is 2.78. The van der Waals surface area contributed by atoms with Crippen LogP contribution in [0.4, 0.5) is 5.00 Å². The molecule has 2 aromatic carbocycles. The van der Waals surface area contributed by atoms with E-state index in [2.05, 4.69) is 18.3 Å². The lowest BCUT2D eigenvalue weighted by atomic mass is 9.75. The van der Waals surface area contributed by atoms with Crippen LogP contribution in [0.1, 0.15) is 47.4 Å². The highest BCUT2D eigenvalue weighted by molar-refractivity contribution is 7.16. The molecule has 1 aliphatic rings. The summed E-state index contributed by atoms with van der Waals surface area (Å²) in [6.45, 7) is 4.20. The third-order valence-electron chi connectivity index (χ3n) is 6.01. The van der Waals surface area contributed by atoms with Gasteiger partial charge in [0.25, 0.3) is 0 Å². The number of hydrogen-bond acceptors (Lipinski definition) is 3. The molecule has 0 spiro atoms. The van der Waals surface area contributed by atoms with Crippen LogP contribution in [0.5, 0.6) is 0 Å². The van der Waals surface area contributed by atoms with E-state index in [9.17, 15) is 10.1 Å². The highest BCUT2D eigenvalue weighted by atomic mass is 32.1. The fraction of sp³-hybridized carbons (Fsp3) is 0.280. The maximum atomic E-state index is 13.7. The Bertz CT molecular complexity index is 1020. The number of hydrogen-bond donors (Lipinski definition) is 1. The standard InChI is InChI=1S/C25H24N2OS/c1-17-13-14-20-21(16-26)23(29-22(20)15-17)27-24(28)25(2,18-9-5-3-6-10-18)19-11-7-4-8-12-19/h3-12,17H,13-15H2,1-2H3,(H,27,28). The van der Waals surface area contributed by atoms with Crippen molar-refractivity contribution in [3.8, 4) is 6.07 Å². The van der Waals surface area contributed by atoms with Gasteiger partial charge < -0.3 is 5.32 Å². The molecule has 1 atom stereocenters. The number of anilines is 1. The molecule has 4 rings (SSSR count). The van der Waals surface area contributed by atoms with Crippen molar-refractivity contribution in [3.05, 3.63) is 87.8 Å². The Morgan fingerprint density at radius 2 is 1.69 bits per heavy atom. The van der Waals surface area contributed by atoms with E-state index >= 15 is 0 Å². The summed E-state index contributed by atoms with van der Waals surface area (Å²) in [7, 11) is 0. The molecule has 0 saturated carbocycles. The second-order valence-corrected chi connectivity index (χ2v) is 9.08. The van der Waals surface area contributed by atoms with Gasteiger partial charge in [-0.1, -0.05) is 67.6 Å². The maximum absolute atomic E-state index is 13.7. The zero-order valence-electron chi connectivity index (χ0n) is 16.7. The third-order valence-corrected chi connectivity index (χ3v) is 7.18. The van der Waals surface area contributed by atoms with Gasteiger partial charge in [0.15, 0.2) is 0 Å². The minimum atomic E-state index is -0.854. The summed E-state index contributed by atoms with van der Waals surface area (Å²) in [5, 5.41) is 13.6. The van der Waals surface area contributed by atoms with E-state index in [0.29, 0.717) is 16.5 Å². The lowest BCUT2D eigenvalue weighted by Crippen LogP contribution is -2.38. The predicted octanol–water partition coefficient (Wildman–Crippen LogP) is 5.69. The number of nitriles is 1. The van der Waals surface area contributed by atoms with Crippen LogP contribution in [0, 0.1) is 17.2 Å². The zero-order valence-corrected chi connectivity index (χ0v) is 17.6. The molecule has 0 fully saturated rings. The summed E-state index contributed by atoms with van der Waals surface area (Å²) >= 11 is 1.57. The zero-order chi connectivity index (χ0) is 20.4. The van der Waals surface area contributed by atoms with Crippen LogP contribution in [-0.4, -0.2) is 5.91 Å². The van der Waals surface area contributed by atoms with Gasteiger partial charge in [-0.15, -0.1) is 11.3 Å². The second kappa shape index (κ2) is 7.85. The SMILES string of the molecule is CC1CCc2c(sc(NC(=O)C(C)(c3ccccc3)c3ccccc3)c2C#N)C1. The number of carbonyl (C=O) groups excluding carboxylic acids is 1. The van der Waals surface area contributed by atoms with E-state index in [1.807, 2.05) is 67.6 Å². The highest BCUT2D eigenvalue weighted by Gasteiger charge is 2.38. The van der Waals surface area contributed by atoms with Gasteiger partial charge in [-0.2, -0.15) is 5.26 Å². The van der Waals surface area contributed by atoms with E-state index < -0.39 is 5.41 Å². The average Bonchev–Trinajstić information content (AvgIpc) is 3.10. The quantitative estimate of drug-likeness (QED) is 0.612. The fourth-order valence-electron chi connectivity index (χ4n) is 4.16. The van der Waals surface area contributed by atoms with Crippen molar-refractivity contribution in [3.63, 3.8) is 0 Å². The molecule has 0 bridgehead atoms. The van der Waals surface area contributed by atoms with Crippen LogP contribution in [0.2, 0.25) is 0 Å². The Labute approximate surface area is 176 Å². The Morgan fingerprint density at radius 3 is 2.24 bits per heavy atom. The van der Waals surface area contributed by atoms with Crippen molar-refractivity contribution in [2.75, 3.05) is 5.32 Å². The maximum Gasteiger partial charge on any atom is 0.239 e. The Morgan fingerprint density at radius 1 is 1.10 bits per heavy atom. The van der Waals surface area contributed by atoms with Gasteiger partial charge in [0, 0.05) is 4.88 Å². The number of benzene rings is 2. The van der Waals surface area contributed by atoms with E-state index in [1.165, 1.54) is 4.88 Å². The normalized spacial score (nSPS) is 16.0. The molecular formula is C25H24N2OS. The average molecular weight is 401 g/mol. The summed E-state index contributed by atoms with van der Waals surface area (Å²) in [5.74, 6) is 0.508. The van der Waals surface area contributed by atoms with Crippen molar-refractivity contribution in [2.45, 2.75) is 38.5 Å². The molecule has 3 aromatic rings. The molecule has 1 heterocycles. The number of fused-ring (bicyclic) bond motifs is 1. The lowest BCUT2D eigenvalue weighted by Gasteiger charge is -2.29. The number of nitrogens with one attached hydrogen (secondary N) is 1. The topological polar surface area (TPSA) is 52.9 Å². The van der Waals surface area contributed by atoms with Gasteiger partial charge in [-0.25, -0.2) is 0 Å². The second-order valence-electron chi connectivity index (χ2n) is 7.98. The van der Waals surface area contributed by atoms with Gasteiger partial charge in [-0.05, 0) is 48.8 Å². The summed E-state index contributed by atoms with van der Waals surface area (Å²) < 4.78 is 0. The Kier molecular flexibility index (Phi) is 5.25. The van der Waals surface area contributed by atoms with Crippen molar-refractivity contribution in [1.82, 2.24) is 0 Å². The molecule has 0 radical (unpaired) electrons. The largest absolute Gasteiger partial charge is 0.316 e. The van der Waals surface area contributed by atoms with Gasteiger partial charge in [0.2, 0.25) is 5.91 Å². The van der Waals surface area contributed by atoms with Gasteiger partial charge in [0.1, 0.15) is 11.1 Å². The first kappa shape index (κ1) is 19.4. The first-order chi connectivity index (χ1) is 14.0. The third kappa shape index (κ3) is 3.47. The number of nitrogens with zero attached hydrogens (tertiary/aromatic N) is 1. The molecule has 1 N–H and O–H groups in total.